The summed E-state index contributed by atoms with van der Waals surface area (Å²) >= 11 is 0. The average Bonchev–Trinajstić information content (AvgIpc) is 2.91. The van der Waals surface area contributed by atoms with Gasteiger partial charge in [0.1, 0.15) is 0 Å². The third kappa shape index (κ3) is 2.26. The lowest BCUT2D eigenvalue weighted by atomic mass is 9.49. The number of aliphatic hydroxyl groups is 1. The maximum absolute atomic E-state index is 12.6. The fraction of sp³-hybridized carbons (Fsp3) is 0.526. The van der Waals surface area contributed by atoms with Crippen LogP contribution in [0.4, 0.5) is 0 Å². The highest BCUT2D eigenvalue weighted by Crippen LogP contribution is 2.64. The third-order valence-electron chi connectivity index (χ3n) is 6.73. The van der Waals surface area contributed by atoms with Crippen LogP contribution in [-0.2, 0) is 16.6 Å². The molecule has 7 nitrogen and oxygen atoms in total. The third-order valence-corrected chi connectivity index (χ3v) is 6.73. The van der Waals surface area contributed by atoms with E-state index in [9.17, 15) is 15.0 Å². The molecule has 1 aromatic carbocycles. The number of carbonyl (C=O) groups excluding carboxylic acids is 1. The Morgan fingerprint density at radius 2 is 2.07 bits per heavy atom. The van der Waals surface area contributed by atoms with Crippen LogP contribution in [-0.4, -0.2) is 62.7 Å². The fourth-order valence-corrected chi connectivity index (χ4v) is 5.80. The number of likely N-dealkylation sites (tertiary alicyclic amines) is 1. The maximum Gasteiger partial charge on any atom is 0.174 e. The molecule has 5 rings (SSSR count). The number of piperidine rings is 1. The second-order valence-corrected chi connectivity index (χ2v) is 7.56. The van der Waals surface area contributed by atoms with Crippen molar-refractivity contribution in [3.05, 3.63) is 35.9 Å². The molecule has 2 aliphatic heterocycles. The van der Waals surface area contributed by atoms with Gasteiger partial charge in [-0.05, 0) is 30.9 Å². The van der Waals surface area contributed by atoms with Gasteiger partial charge in [0, 0.05) is 31.1 Å². The SMILES string of the molecule is C=CCN1CC[C@]23c4c5ccc(O)c4OC2C(=O)CC[C@@]3(O)C1C5.Cl.O.O. The van der Waals surface area contributed by atoms with Gasteiger partial charge in [0.15, 0.2) is 23.4 Å². The van der Waals surface area contributed by atoms with Crippen LogP contribution in [0.15, 0.2) is 24.8 Å². The van der Waals surface area contributed by atoms with Gasteiger partial charge in [-0.1, -0.05) is 12.1 Å². The average molecular weight is 400 g/mol. The number of ketones is 1. The van der Waals surface area contributed by atoms with Crippen molar-refractivity contribution in [2.24, 2.45) is 0 Å². The topological polar surface area (TPSA) is 133 Å². The Morgan fingerprint density at radius 3 is 2.78 bits per heavy atom. The van der Waals surface area contributed by atoms with Crippen LogP contribution in [0.5, 0.6) is 11.5 Å². The first-order chi connectivity index (χ1) is 11.5. The zero-order valence-corrected chi connectivity index (χ0v) is 15.7. The zero-order valence-electron chi connectivity index (χ0n) is 14.9. The van der Waals surface area contributed by atoms with Crippen molar-refractivity contribution < 1.29 is 30.7 Å². The largest absolute Gasteiger partial charge is 0.504 e. The molecule has 0 amide bonds. The molecule has 1 saturated heterocycles. The molecule has 4 atom stereocenters. The molecule has 6 N–H and O–H groups in total. The van der Waals surface area contributed by atoms with Crippen LogP contribution in [0.1, 0.15) is 30.4 Å². The molecule has 1 aromatic rings. The first kappa shape index (κ1) is 21.7. The summed E-state index contributed by atoms with van der Waals surface area (Å²) in [4.78, 5) is 14.9. The van der Waals surface area contributed by atoms with Crippen LogP contribution in [0.25, 0.3) is 0 Å². The first-order valence-corrected chi connectivity index (χ1v) is 8.65. The molecule has 2 bridgehead atoms. The number of aromatic hydroxyl groups is 1. The molecule has 2 heterocycles. The molecule has 2 fully saturated rings. The molecule has 4 aliphatic rings. The number of benzene rings is 1. The van der Waals surface area contributed by atoms with E-state index in [0.717, 1.165) is 24.2 Å². The molecule has 150 valence electrons. The summed E-state index contributed by atoms with van der Waals surface area (Å²) < 4.78 is 5.98. The Bertz CT molecular complexity index is 786. The van der Waals surface area contributed by atoms with Crippen molar-refractivity contribution >= 4 is 18.2 Å². The van der Waals surface area contributed by atoms with Crippen molar-refractivity contribution in [2.75, 3.05) is 13.1 Å². The fourth-order valence-electron chi connectivity index (χ4n) is 5.80. The normalized spacial score (nSPS) is 34.9. The molecular formula is C19H26ClNO6. The number of phenolic OH excluding ortho intramolecular Hbond substituents is 1. The van der Waals surface area contributed by atoms with E-state index in [1.807, 2.05) is 12.1 Å². The number of rotatable bonds is 2. The predicted octanol–water partition coefficient (Wildman–Crippen LogP) is 0.0738. The molecule has 1 spiro atoms. The Balaban J connectivity index is 0.000000871. The van der Waals surface area contributed by atoms with Crippen LogP contribution in [0, 0.1) is 0 Å². The van der Waals surface area contributed by atoms with E-state index >= 15 is 0 Å². The number of carbonyl (C=O) groups is 1. The standard InChI is InChI=1S/C19H21NO4.ClH.2H2O/c1-2-8-20-9-7-18-15-11-3-4-12(21)16(15)24-17(18)13(22)5-6-19(18,23)14(20)10-11;;;/h2-4,14,17,21,23H,1,5-10H2;1H;2*1H2/t14?,17?,18-,19+;;;/m0.../s1. The minimum absolute atomic E-state index is 0. The number of halogens is 1. The number of ether oxygens (including phenoxy) is 1. The summed E-state index contributed by atoms with van der Waals surface area (Å²) in [5, 5.41) is 22.1. The van der Waals surface area contributed by atoms with E-state index in [1.54, 1.807) is 6.07 Å². The van der Waals surface area contributed by atoms with E-state index in [1.165, 1.54) is 0 Å². The van der Waals surface area contributed by atoms with Crippen molar-refractivity contribution in [1.29, 1.82) is 0 Å². The molecule has 2 unspecified atom stereocenters. The van der Waals surface area contributed by atoms with Gasteiger partial charge >= 0.3 is 0 Å². The Morgan fingerprint density at radius 1 is 1.33 bits per heavy atom. The van der Waals surface area contributed by atoms with Gasteiger partial charge in [-0.25, -0.2) is 0 Å². The molecule has 0 aromatic heterocycles. The highest BCUT2D eigenvalue weighted by Gasteiger charge is 2.72. The summed E-state index contributed by atoms with van der Waals surface area (Å²) in [5.74, 6) is 0.528. The van der Waals surface area contributed by atoms with E-state index in [4.69, 9.17) is 4.74 Å². The van der Waals surface area contributed by atoms with Gasteiger partial charge in [0.25, 0.3) is 0 Å². The highest BCUT2D eigenvalue weighted by atomic mass is 35.5. The highest BCUT2D eigenvalue weighted by molar-refractivity contribution is 5.90. The number of nitrogens with zero attached hydrogens (tertiary/aromatic N) is 1. The van der Waals surface area contributed by atoms with Crippen molar-refractivity contribution in [1.82, 2.24) is 4.90 Å². The lowest BCUT2D eigenvalue weighted by molar-refractivity contribution is -0.187. The maximum atomic E-state index is 12.6. The lowest BCUT2D eigenvalue weighted by Gasteiger charge is -2.62. The smallest absolute Gasteiger partial charge is 0.174 e. The lowest BCUT2D eigenvalue weighted by Crippen LogP contribution is -2.76. The minimum Gasteiger partial charge on any atom is -0.504 e. The molecule has 27 heavy (non-hydrogen) atoms. The van der Waals surface area contributed by atoms with E-state index in [-0.39, 0.29) is 40.9 Å². The minimum atomic E-state index is -1.00. The van der Waals surface area contributed by atoms with Gasteiger partial charge in [-0.3, -0.25) is 9.69 Å². The van der Waals surface area contributed by atoms with Crippen molar-refractivity contribution in [2.45, 2.75) is 48.8 Å². The summed E-state index contributed by atoms with van der Waals surface area (Å²) in [5.41, 5.74) is 0.256. The number of hydrogen-bond donors (Lipinski definition) is 2. The summed E-state index contributed by atoms with van der Waals surface area (Å²) in [7, 11) is 0. The quantitative estimate of drug-likeness (QED) is 0.679. The summed E-state index contributed by atoms with van der Waals surface area (Å²) in [6.07, 6.45) is 3.35. The van der Waals surface area contributed by atoms with Crippen LogP contribution >= 0.6 is 12.4 Å². The molecule has 0 radical (unpaired) electrons. The first-order valence-electron chi connectivity index (χ1n) is 8.65. The van der Waals surface area contributed by atoms with Gasteiger partial charge in [0.2, 0.25) is 0 Å². The van der Waals surface area contributed by atoms with Crippen molar-refractivity contribution in [3.8, 4) is 11.5 Å². The Hall–Kier alpha value is -1.64. The van der Waals surface area contributed by atoms with E-state index in [0.29, 0.717) is 31.4 Å². The zero-order chi connectivity index (χ0) is 16.7. The molecule has 1 saturated carbocycles. The second kappa shape index (κ2) is 6.76. The van der Waals surface area contributed by atoms with Crippen molar-refractivity contribution in [3.63, 3.8) is 0 Å². The number of phenols is 1. The van der Waals surface area contributed by atoms with Gasteiger partial charge in [-0.2, -0.15) is 0 Å². The summed E-state index contributed by atoms with van der Waals surface area (Å²) in [6, 6.07) is 3.52. The van der Waals surface area contributed by atoms with Crippen LogP contribution in [0.2, 0.25) is 0 Å². The van der Waals surface area contributed by atoms with Crippen LogP contribution < -0.4 is 4.74 Å². The van der Waals surface area contributed by atoms with Gasteiger partial charge in [-0.15, -0.1) is 19.0 Å². The second-order valence-electron chi connectivity index (χ2n) is 7.56. The Kier molecular flexibility index (Phi) is 5.42. The Labute approximate surface area is 163 Å². The number of Topliss-reactive ketones (excluding diaryl/α,β-unsaturated/α-hetero) is 1. The monoisotopic (exact) mass is 399 g/mol. The molecular weight excluding hydrogens is 374 g/mol. The van der Waals surface area contributed by atoms with E-state index < -0.39 is 17.1 Å². The van der Waals surface area contributed by atoms with E-state index in [2.05, 4.69) is 11.5 Å². The molecule has 2 aliphatic carbocycles. The summed E-state index contributed by atoms with van der Waals surface area (Å²) in [6.45, 7) is 5.36. The predicted molar refractivity (Wildman–Crippen MR) is 102 cm³/mol. The number of hydrogen-bond acceptors (Lipinski definition) is 5. The molecule has 8 heteroatoms. The van der Waals surface area contributed by atoms with Gasteiger partial charge in [0.05, 0.1) is 11.0 Å². The van der Waals surface area contributed by atoms with Gasteiger partial charge < -0.3 is 25.9 Å². The van der Waals surface area contributed by atoms with Crippen LogP contribution in [0.3, 0.4) is 0 Å².